The number of nitrogens with zero attached hydrogens (tertiary/aromatic N) is 3. The van der Waals surface area contributed by atoms with Gasteiger partial charge in [-0.3, -0.25) is 4.68 Å². The molecule has 1 aliphatic rings. The average molecular weight is 373 g/mol. The number of aromatic nitrogens is 2. The number of sulfone groups is 1. The SMILES string of the molecule is CS(=O)(=O)c1ccc(N2CCCC(n3ccc(C(F)(F)F)n3)C2)cc1. The highest BCUT2D eigenvalue weighted by Gasteiger charge is 2.34. The summed E-state index contributed by atoms with van der Waals surface area (Å²) in [7, 11) is -3.25. The molecule has 1 saturated heterocycles. The number of piperidine rings is 1. The smallest absolute Gasteiger partial charge is 0.369 e. The molecule has 0 radical (unpaired) electrons. The van der Waals surface area contributed by atoms with Gasteiger partial charge in [0, 0.05) is 31.2 Å². The lowest BCUT2D eigenvalue weighted by atomic mass is 10.1. The topological polar surface area (TPSA) is 55.2 Å². The Morgan fingerprint density at radius 2 is 1.84 bits per heavy atom. The normalized spacial score (nSPS) is 19.2. The highest BCUT2D eigenvalue weighted by atomic mass is 32.2. The van der Waals surface area contributed by atoms with Crippen molar-refractivity contribution < 1.29 is 21.6 Å². The molecule has 1 aromatic carbocycles. The molecule has 25 heavy (non-hydrogen) atoms. The van der Waals surface area contributed by atoms with Gasteiger partial charge in [0.2, 0.25) is 0 Å². The van der Waals surface area contributed by atoms with E-state index in [-0.39, 0.29) is 10.9 Å². The quantitative estimate of drug-likeness (QED) is 0.829. The molecule has 136 valence electrons. The van der Waals surface area contributed by atoms with E-state index in [0.717, 1.165) is 37.4 Å². The molecule has 3 rings (SSSR count). The van der Waals surface area contributed by atoms with E-state index >= 15 is 0 Å². The second-order valence-electron chi connectivity index (χ2n) is 6.19. The van der Waals surface area contributed by atoms with Gasteiger partial charge in [-0.05, 0) is 43.2 Å². The van der Waals surface area contributed by atoms with E-state index in [1.165, 1.54) is 10.9 Å². The summed E-state index contributed by atoms with van der Waals surface area (Å²) in [6.45, 7) is 1.29. The predicted octanol–water partition coefficient (Wildman–Crippen LogP) is 3.15. The summed E-state index contributed by atoms with van der Waals surface area (Å²) in [6, 6.07) is 7.37. The lowest BCUT2D eigenvalue weighted by molar-refractivity contribution is -0.141. The van der Waals surface area contributed by atoms with Crippen LogP contribution in [0, 0.1) is 0 Å². The van der Waals surface area contributed by atoms with Crippen LogP contribution in [-0.4, -0.2) is 37.5 Å². The van der Waals surface area contributed by atoms with Crippen molar-refractivity contribution in [1.82, 2.24) is 9.78 Å². The molecule has 1 fully saturated rings. The fourth-order valence-corrected chi connectivity index (χ4v) is 3.63. The van der Waals surface area contributed by atoms with Gasteiger partial charge < -0.3 is 4.90 Å². The maximum atomic E-state index is 12.7. The van der Waals surface area contributed by atoms with Gasteiger partial charge in [-0.25, -0.2) is 8.42 Å². The molecule has 0 saturated carbocycles. The van der Waals surface area contributed by atoms with Gasteiger partial charge >= 0.3 is 6.18 Å². The molecule has 5 nitrogen and oxygen atoms in total. The third kappa shape index (κ3) is 3.97. The molecular formula is C16H18F3N3O2S. The molecule has 0 bridgehead atoms. The summed E-state index contributed by atoms with van der Waals surface area (Å²) in [5, 5.41) is 3.67. The van der Waals surface area contributed by atoms with Crippen molar-refractivity contribution in [3.63, 3.8) is 0 Å². The lowest BCUT2D eigenvalue weighted by Gasteiger charge is -2.34. The number of rotatable bonds is 3. The van der Waals surface area contributed by atoms with Crippen LogP contribution in [-0.2, 0) is 16.0 Å². The number of hydrogen-bond donors (Lipinski definition) is 0. The van der Waals surface area contributed by atoms with Gasteiger partial charge in [-0.15, -0.1) is 0 Å². The molecule has 2 aromatic rings. The minimum absolute atomic E-state index is 0.153. The Hall–Kier alpha value is -2.03. The first-order chi connectivity index (χ1) is 11.6. The molecule has 1 unspecified atom stereocenters. The Balaban J connectivity index is 1.76. The molecule has 9 heteroatoms. The first kappa shape index (κ1) is 17.8. The van der Waals surface area contributed by atoms with Crippen molar-refractivity contribution in [2.45, 2.75) is 30.0 Å². The van der Waals surface area contributed by atoms with Crippen LogP contribution in [0.1, 0.15) is 24.6 Å². The van der Waals surface area contributed by atoms with Gasteiger partial charge in [-0.1, -0.05) is 0 Å². The van der Waals surface area contributed by atoms with E-state index < -0.39 is 21.7 Å². The number of hydrogen-bond acceptors (Lipinski definition) is 4. The van der Waals surface area contributed by atoms with Crippen molar-refractivity contribution in [2.75, 3.05) is 24.2 Å². The highest BCUT2D eigenvalue weighted by Crippen LogP contribution is 2.30. The summed E-state index contributed by atoms with van der Waals surface area (Å²) in [4.78, 5) is 2.28. The molecular weight excluding hydrogens is 355 g/mol. The van der Waals surface area contributed by atoms with Crippen LogP contribution >= 0.6 is 0 Å². The van der Waals surface area contributed by atoms with Crippen molar-refractivity contribution >= 4 is 15.5 Å². The molecule has 0 aliphatic carbocycles. The van der Waals surface area contributed by atoms with Gasteiger partial charge in [0.15, 0.2) is 15.5 Å². The van der Waals surface area contributed by atoms with E-state index in [2.05, 4.69) is 5.10 Å². The standard InChI is InChI=1S/C16H18F3N3O2S/c1-25(23,24)14-6-4-12(5-7-14)21-9-2-3-13(11-21)22-10-8-15(20-22)16(17,18)19/h4-8,10,13H,2-3,9,11H2,1H3. The first-order valence-electron chi connectivity index (χ1n) is 7.82. The second kappa shape index (κ2) is 6.36. The minimum Gasteiger partial charge on any atom is -0.369 e. The van der Waals surface area contributed by atoms with E-state index in [1.807, 2.05) is 4.90 Å². The Kier molecular flexibility index (Phi) is 4.52. The second-order valence-corrected chi connectivity index (χ2v) is 8.20. The Labute approximate surface area is 144 Å². The van der Waals surface area contributed by atoms with E-state index in [1.54, 1.807) is 24.3 Å². The van der Waals surface area contributed by atoms with E-state index in [4.69, 9.17) is 0 Å². The van der Waals surface area contributed by atoms with Crippen molar-refractivity contribution in [2.24, 2.45) is 0 Å². The van der Waals surface area contributed by atoms with Crippen LogP contribution in [0.5, 0.6) is 0 Å². The summed E-state index contributed by atoms with van der Waals surface area (Å²) < 4.78 is 62.5. The van der Waals surface area contributed by atoms with Gasteiger partial charge in [0.1, 0.15) is 0 Å². The summed E-state index contributed by atoms with van der Waals surface area (Å²) in [6.07, 6.45) is -0.365. The van der Waals surface area contributed by atoms with Gasteiger partial charge in [0.05, 0.1) is 10.9 Å². The summed E-state index contributed by atoms with van der Waals surface area (Å²) >= 11 is 0. The van der Waals surface area contributed by atoms with Crippen LogP contribution in [0.4, 0.5) is 18.9 Å². The Bertz CT molecular complexity index is 844. The lowest BCUT2D eigenvalue weighted by Crippen LogP contribution is -2.36. The number of anilines is 1. The third-order valence-corrected chi connectivity index (χ3v) is 5.43. The first-order valence-corrected chi connectivity index (χ1v) is 9.71. The summed E-state index contributed by atoms with van der Waals surface area (Å²) in [5.41, 5.74) is -0.0394. The Morgan fingerprint density at radius 3 is 2.40 bits per heavy atom. The van der Waals surface area contributed by atoms with E-state index in [9.17, 15) is 21.6 Å². The zero-order valence-corrected chi connectivity index (χ0v) is 14.4. The fourth-order valence-electron chi connectivity index (χ4n) is 3.00. The number of benzene rings is 1. The number of alkyl halides is 3. The zero-order chi connectivity index (χ0) is 18.2. The molecule has 1 aliphatic heterocycles. The minimum atomic E-state index is -4.44. The van der Waals surface area contributed by atoms with Crippen LogP contribution in [0.3, 0.4) is 0 Å². The van der Waals surface area contributed by atoms with Crippen LogP contribution in [0.15, 0.2) is 41.4 Å². The van der Waals surface area contributed by atoms with Crippen molar-refractivity contribution in [3.8, 4) is 0 Å². The van der Waals surface area contributed by atoms with Gasteiger partial charge in [0.25, 0.3) is 0 Å². The maximum Gasteiger partial charge on any atom is 0.435 e. The molecule has 0 spiro atoms. The zero-order valence-electron chi connectivity index (χ0n) is 13.6. The van der Waals surface area contributed by atoms with E-state index in [0.29, 0.717) is 6.54 Å². The number of halogens is 3. The highest BCUT2D eigenvalue weighted by molar-refractivity contribution is 7.90. The fraction of sp³-hybridized carbons (Fsp3) is 0.438. The Morgan fingerprint density at radius 1 is 1.16 bits per heavy atom. The molecule has 2 heterocycles. The third-order valence-electron chi connectivity index (χ3n) is 4.30. The average Bonchev–Trinajstić information content (AvgIpc) is 3.05. The monoisotopic (exact) mass is 373 g/mol. The van der Waals surface area contributed by atoms with Crippen LogP contribution in [0.2, 0.25) is 0 Å². The van der Waals surface area contributed by atoms with Crippen LogP contribution in [0.25, 0.3) is 0 Å². The maximum absolute atomic E-state index is 12.7. The van der Waals surface area contributed by atoms with Crippen molar-refractivity contribution in [3.05, 3.63) is 42.2 Å². The van der Waals surface area contributed by atoms with Crippen LogP contribution < -0.4 is 4.90 Å². The predicted molar refractivity (Wildman–Crippen MR) is 87.3 cm³/mol. The summed E-state index contributed by atoms with van der Waals surface area (Å²) in [5.74, 6) is 0. The molecule has 1 aromatic heterocycles. The molecule has 0 amide bonds. The van der Waals surface area contributed by atoms with Crippen molar-refractivity contribution in [1.29, 1.82) is 0 Å². The molecule has 0 N–H and O–H groups in total. The molecule has 1 atom stereocenters. The van der Waals surface area contributed by atoms with Gasteiger partial charge in [-0.2, -0.15) is 18.3 Å². The largest absolute Gasteiger partial charge is 0.435 e.